The van der Waals surface area contributed by atoms with E-state index < -0.39 is 0 Å². The summed E-state index contributed by atoms with van der Waals surface area (Å²) in [5.74, 6) is 0.439. The predicted molar refractivity (Wildman–Crippen MR) is 132 cm³/mol. The van der Waals surface area contributed by atoms with Gasteiger partial charge in [0.2, 0.25) is 0 Å². The van der Waals surface area contributed by atoms with Gasteiger partial charge in [-0.1, -0.05) is 37.1 Å². The van der Waals surface area contributed by atoms with E-state index in [4.69, 9.17) is 0 Å². The molecular formula is C26H32FN7O. The molecule has 1 aliphatic heterocycles. The fourth-order valence-electron chi connectivity index (χ4n) is 5.80. The first-order valence-electron chi connectivity index (χ1n) is 12.4. The smallest absolute Gasteiger partial charge is 0.319 e. The summed E-state index contributed by atoms with van der Waals surface area (Å²) < 4.78 is 14.9. The number of carbonyl (C=O) groups is 1. The van der Waals surface area contributed by atoms with Gasteiger partial charge in [-0.05, 0) is 72.5 Å². The maximum atomic E-state index is 13.3. The normalized spacial score (nSPS) is 22.7. The van der Waals surface area contributed by atoms with Crippen molar-refractivity contribution in [3.63, 3.8) is 0 Å². The van der Waals surface area contributed by atoms with Crippen molar-refractivity contribution in [2.75, 3.05) is 18.4 Å². The van der Waals surface area contributed by atoms with Crippen LogP contribution in [0.25, 0.3) is 11.4 Å². The first-order valence-corrected chi connectivity index (χ1v) is 12.4. The number of amides is 2. The average molecular weight is 478 g/mol. The van der Waals surface area contributed by atoms with Gasteiger partial charge in [0.1, 0.15) is 5.82 Å². The molecule has 1 spiro atoms. The Kier molecular flexibility index (Phi) is 6.77. The van der Waals surface area contributed by atoms with E-state index in [1.165, 1.54) is 18.6 Å². The van der Waals surface area contributed by atoms with E-state index in [1.54, 1.807) is 11.7 Å². The number of nitrogens with one attached hydrogen (secondary N) is 2. The van der Waals surface area contributed by atoms with Gasteiger partial charge in [-0.3, -0.25) is 4.90 Å². The van der Waals surface area contributed by atoms with Gasteiger partial charge in [-0.25, -0.2) is 13.9 Å². The molecule has 2 fully saturated rings. The minimum absolute atomic E-state index is 0.0695. The molecule has 184 valence electrons. The van der Waals surface area contributed by atoms with E-state index in [1.807, 2.05) is 36.4 Å². The number of anilines is 1. The zero-order valence-corrected chi connectivity index (χ0v) is 20.1. The molecule has 2 unspecified atom stereocenters. The Bertz CT molecular complexity index is 1160. The molecule has 2 heterocycles. The minimum atomic E-state index is -0.204. The molecule has 0 radical (unpaired) electrons. The highest BCUT2D eigenvalue weighted by atomic mass is 19.1. The third-order valence-electron chi connectivity index (χ3n) is 7.47. The number of benzene rings is 2. The molecule has 9 heteroatoms. The third-order valence-corrected chi connectivity index (χ3v) is 7.47. The number of halogens is 1. The van der Waals surface area contributed by atoms with Gasteiger partial charge in [0.05, 0.1) is 0 Å². The molecule has 8 nitrogen and oxygen atoms in total. The summed E-state index contributed by atoms with van der Waals surface area (Å²) in [4.78, 5) is 15.5. The quantitative estimate of drug-likeness (QED) is 0.570. The Morgan fingerprint density at radius 1 is 1.14 bits per heavy atom. The minimum Gasteiger partial charge on any atom is -0.335 e. The summed E-state index contributed by atoms with van der Waals surface area (Å²) in [6.45, 7) is 2.79. The molecule has 2 amide bonds. The Labute approximate surface area is 204 Å². The number of aryl methyl sites for hydroxylation is 1. The number of hydrogen-bond donors (Lipinski definition) is 2. The number of tetrazole rings is 1. The summed E-state index contributed by atoms with van der Waals surface area (Å²) in [6, 6.07) is 14.3. The van der Waals surface area contributed by atoms with Crippen LogP contribution < -0.4 is 10.6 Å². The second-order valence-electron chi connectivity index (χ2n) is 9.91. The molecule has 1 aromatic heterocycles. The topological polar surface area (TPSA) is 88.0 Å². The van der Waals surface area contributed by atoms with Gasteiger partial charge in [0.15, 0.2) is 5.82 Å². The molecule has 1 saturated heterocycles. The van der Waals surface area contributed by atoms with Crippen molar-refractivity contribution in [2.45, 2.75) is 51.1 Å². The highest BCUT2D eigenvalue weighted by molar-refractivity contribution is 5.90. The van der Waals surface area contributed by atoms with E-state index >= 15 is 0 Å². The van der Waals surface area contributed by atoms with Crippen LogP contribution in [0.2, 0.25) is 0 Å². The lowest BCUT2D eigenvalue weighted by molar-refractivity contribution is 0.0234. The summed E-state index contributed by atoms with van der Waals surface area (Å²) in [5.41, 5.74) is 2.74. The third kappa shape index (κ3) is 5.35. The molecule has 35 heavy (non-hydrogen) atoms. The van der Waals surface area contributed by atoms with E-state index in [2.05, 4.69) is 31.1 Å². The predicted octanol–water partition coefficient (Wildman–Crippen LogP) is 4.36. The summed E-state index contributed by atoms with van der Waals surface area (Å²) >= 11 is 0. The highest BCUT2D eigenvalue weighted by Crippen LogP contribution is 2.43. The van der Waals surface area contributed by atoms with Crippen LogP contribution in [0.4, 0.5) is 14.9 Å². The lowest BCUT2D eigenvalue weighted by Gasteiger charge is -2.50. The van der Waals surface area contributed by atoms with Crippen LogP contribution in [0.3, 0.4) is 0 Å². The van der Waals surface area contributed by atoms with Gasteiger partial charge < -0.3 is 10.6 Å². The van der Waals surface area contributed by atoms with E-state index in [9.17, 15) is 9.18 Å². The molecule has 1 aliphatic carbocycles. The number of nitrogens with zero attached hydrogens (tertiary/aromatic N) is 5. The van der Waals surface area contributed by atoms with Crippen molar-refractivity contribution >= 4 is 11.7 Å². The van der Waals surface area contributed by atoms with Crippen molar-refractivity contribution in [3.8, 4) is 11.4 Å². The molecule has 2 N–H and O–H groups in total. The van der Waals surface area contributed by atoms with E-state index in [-0.39, 0.29) is 23.3 Å². The first kappa shape index (κ1) is 23.4. The highest BCUT2D eigenvalue weighted by Gasteiger charge is 2.44. The summed E-state index contributed by atoms with van der Waals surface area (Å²) in [7, 11) is 1.79. The average Bonchev–Trinajstić information content (AvgIpc) is 3.28. The second kappa shape index (κ2) is 10.1. The fraction of sp³-hybridized carbons (Fsp3) is 0.462. The van der Waals surface area contributed by atoms with E-state index in [0.717, 1.165) is 62.9 Å². The van der Waals surface area contributed by atoms with Crippen LogP contribution in [0.1, 0.15) is 44.1 Å². The first-order chi connectivity index (χ1) is 17.0. The van der Waals surface area contributed by atoms with Gasteiger partial charge in [-0.2, -0.15) is 0 Å². The van der Waals surface area contributed by atoms with Crippen LogP contribution in [0.15, 0.2) is 48.5 Å². The molecule has 2 aromatic carbocycles. The molecule has 1 saturated carbocycles. The van der Waals surface area contributed by atoms with Crippen molar-refractivity contribution in [1.29, 1.82) is 0 Å². The number of likely N-dealkylation sites (tertiary alicyclic amines) is 1. The van der Waals surface area contributed by atoms with Crippen LogP contribution in [-0.4, -0.2) is 50.3 Å². The van der Waals surface area contributed by atoms with Gasteiger partial charge in [0, 0.05) is 42.8 Å². The van der Waals surface area contributed by atoms with Crippen LogP contribution in [-0.2, 0) is 13.6 Å². The Morgan fingerprint density at radius 3 is 2.77 bits per heavy atom. The van der Waals surface area contributed by atoms with Crippen molar-refractivity contribution in [1.82, 2.24) is 30.4 Å². The van der Waals surface area contributed by atoms with Gasteiger partial charge in [0.25, 0.3) is 0 Å². The van der Waals surface area contributed by atoms with Crippen molar-refractivity contribution in [2.24, 2.45) is 12.5 Å². The molecule has 5 rings (SSSR count). The monoisotopic (exact) mass is 477 g/mol. The number of rotatable bonds is 5. The van der Waals surface area contributed by atoms with Crippen LogP contribution in [0.5, 0.6) is 0 Å². The standard InChI is InChI=1S/C26H32FN7O/c1-33-24(30-31-32-33)20-6-4-7-22(16-20)28-25(35)29-23-8-2-3-13-26(23)14-5-15-34(18-26)17-19-9-11-21(27)12-10-19/h4,6-7,9-12,16,23H,2-3,5,8,13-15,17-18H2,1H3,(H2,28,29,35). The lowest BCUT2D eigenvalue weighted by Crippen LogP contribution is -2.57. The maximum absolute atomic E-state index is 13.3. The molecule has 0 bridgehead atoms. The number of aromatic nitrogens is 4. The van der Waals surface area contributed by atoms with Gasteiger partial charge >= 0.3 is 6.03 Å². The van der Waals surface area contributed by atoms with Crippen molar-refractivity contribution < 1.29 is 9.18 Å². The second-order valence-corrected chi connectivity index (χ2v) is 9.91. The number of piperidine rings is 1. The molecule has 2 atom stereocenters. The number of carbonyl (C=O) groups excluding carboxylic acids is 1. The lowest BCUT2D eigenvalue weighted by atomic mass is 9.65. The van der Waals surface area contributed by atoms with Crippen molar-refractivity contribution in [3.05, 3.63) is 59.9 Å². The molecule has 2 aliphatic rings. The van der Waals surface area contributed by atoms with Crippen LogP contribution >= 0.6 is 0 Å². The zero-order chi connectivity index (χ0) is 24.3. The fourth-order valence-corrected chi connectivity index (χ4v) is 5.80. The molecule has 3 aromatic rings. The van der Waals surface area contributed by atoms with E-state index in [0.29, 0.717) is 11.5 Å². The molecular weight excluding hydrogens is 445 g/mol. The zero-order valence-electron chi connectivity index (χ0n) is 20.1. The Balaban J connectivity index is 1.25. The Hall–Kier alpha value is -3.33. The maximum Gasteiger partial charge on any atom is 0.319 e. The van der Waals surface area contributed by atoms with Gasteiger partial charge in [-0.15, -0.1) is 5.10 Å². The largest absolute Gasteiger partial charge is 0.335 e. The number of urea groups is 1. The Morgan fingerprint density at radius 2 is 1.97 bits per heavy atom. The summed E-state index contributed by atoms with van der Waals surface area (Å²) in [6.07, 6.45) is 6.65. The SMILES string of the molecule is Cn1nnnc1-c1cccc(NC(=O)NC2CCCCC23CCCN(Cc2ccc(F)cc2)C3)c1. The van der Waals surface area contributed by atoms with Crippen LogP contribution in [0, 0.1) is 11.2 Å². The summed E-state index contributed by atoms with van der Waals surface area (Å²) in [5, 5.41) is 17.9. The number of hydrogen-bond acceptors (Lipinski definition) is 5.